The van der Waals surface area contributed by atoms with Crippen molar-refractivity contribution in [3.63, 3.8) is 0 Å². The normalized spacial score (nSPS) is 22.8. The summed E-state index contributed by atoms with van der Waals surface area (Å²) >= 11 is 10.4. The number of aromatic nitrogens is 1. The Hall–Kier alpha value is -1.72. The van der Waals surface area contributed by atoms with Crippen LogP contribution >= 0.6 is 39.9 Å². The van der Waals surface area contributed by atoms with Gasteiger partial charge in [-0.15, -0.1) is 0 Å². The van der Waals surface area contributed by atoms with E-state index in [1.54, 1.807) is 4.90 Å². The minimum Gasteiger partial charge on any atom is -0.378 e. The van der Waals surface area contributed by atoms with Gasteiger partial charge >= 0.3 is 0 Å². The highest BCUT2D eigenvalue weighted by molar-refractivity contribution is 9.10. The van der Waals surface area contributed by atoms with Gasteiger partial charge in [0.25, 0.3) is 5.91 Å². The van der Waals surface area contributed by atoms with Crippen LogP contribution < -0.4 is 0 Å². The number of morpholine rings is 1. The molecule has 0 bridgehead atoms. The first-order valence-corrected chi connectivity index (χ1v) is 13.0. The molecule has 174 valence electrons. The first kappa shape index (κ1) is 23.0. The molecule has 10 heteroatoms. The molecule has 2 amide bonds. The maximum absolute atomic E-state index is 13.1. The third-order valence-electron chi connectivity index (χ3n) is 6.11. The topological polar surface area (TPSA) is 64.0 Å². The highest BCUT2D eigenvalue weighted by atomic mass is 79.9. The summed E-state index contributed by atoms with van der Waals surface area (Å²) in [6.45, 7) is 3.86. The van der Waals surface area contributed by atoms with Crippen molar-refractivity contribution in [1.29, 1.82) is 0 Å². The fourth-order valence-corrected chi connectivity index (χ4v) is 6.02. The zero-order valence-electron chi connectivity index (χ0n) is 18.0. The molecular formula is C23H24BrN3O4S2. The van der Waals surface area contributed by atoms with E-state index in [0.717, 1.165) is 40.4 Å². The lowest BCUT2D eigenvalue weighted by Crippen LogP contribution is -2.42. The van der Waals surface area contributed by atoms with E-state index in [1.165, 1.54) is 11.8 Å². The van der Waals surface area contributed by atoms with Gasteiger partial charge in [-0.2, -0.15) is 0 Å². The lowest BCUT2D eigenvalue weighted by Gasteiger charge is -2.27. The third-order valence-corrected chi connectivity index (χ3v) is 7.98. The second-order valence-corrected chi connectivity index (χ2v) is 10.9. The summed E-state index contributed by atoms with van der Waals surface area (Å²) in [6.07, 6.45) is 5.86. The molecule has 33 heavy (non-hydrogen) atoms. The number of benzene rings is 1. The largest absolute Gasteiger partial charge is 0.378 e. The van der Waals surface area contributed by atoms with Gasteiger partial charge in [-0.25, -0.2) is 0 Å². The zero-order chi connectivity index (χ0) is 22.9. The van der Waals surface area contributed by atoms with Crippen molar-refractivity contribution in [2.24, 2.45) is 0 Å². The second-order valence-electron chi connectivity index (χ2n) is 8.29. The van der Waals surface area contributed by atoms with E-state index in [1.807, 2.05) is 39.9 Å². The quantitative estimate of drug-likeness (QED) is 0.419. The number of carbonyl (C=O) groups excluding carboxylic acids is 2. The molecule has 0 radical (unpaired) electrons. The van der Waals surface area contributed by atoms with Crippen LogP contribution in [0.3, 0.4) is 0 Å². The van der Waals surface area contributed by atoms with E-state index in [-0.39, 0.29) is 24.5 Å². The summed E-state index contributed by atoms with van der Waals surface area (Å²) in [5, 5.41) is 0.976. The van der Waals surface area contributed by atoms with Crippen LogP contribution in [-0.2, 0) is 25.6 Å². The molecule has 5 rings (SSSR count). The van der Waals surface area contributed by atoms with Crippen LogP contribution in [0.1, 0.15) is 18.4 Å². The minimum atomic E-state index is -0.0826. The van der Waals surface area contributed by atoms with E-state index in [2.05, 4.69) is 15.9 Å². The van der Waals surface area contributed by atoms with E-state index in [9.17, 15) is 9.59 Å². The molecule has 0 spiro atoms. The molecule has 4 heterocycles. The van der Waals surface area contributed by atoms with Gasteiger partial charge < -0.3 is 18.9 Å². The van der Waals surface area contributed by atoms with Gasteiger partial charge in [-0.05, 0) is 37.1 Å². The van der Waals surface area contributed by atoms with Crippen molar-refractivity contribution in [3.05, 3.63) is 39.3 Å². The monoisotopic (exact) mass is 549 g/mol. The standard InChI is InChI=1S/C23H24BrN3O4S2/c24-16-3-4-19-18(11-16)15(12-26(19)14-21(28)25-5-8-30-9-6-25)10-20-22(29)27(23(32)33-20)13-17-2-1-7-31-17/h3-4,10-12,17H,1-2,5-9,13-14H2/b20-10-/t17-/m0/s1. The third kappa shape index (κ3) is 4.90. The Bertz CT molecular complexity index is 1140. The second kappa shape index (κ2) is 9.87. The number of fused-ring (bicyclic) bond motifs is 1. The van der Waals surface area contributed by atoms with E-state index in [4.69, 9.17) is 21.7 Å². The van der Waals surface area contributed by atoms with Gasteiger partial charge in [-0.3, -0.25) is 14.5 Å². The lowest BCUT2D eigenvalue weighted by atomic mass is 10.1. The van der Waals surface area contributed by atoms with Crippen molar-refractivity contribution in [3.8, 4) is 0 Å². The molecule has 3 aliphatic rings. The number of hydrogen-bond donors (Lipinski definition) is 0. The predicted molar refractivity (Wildman–Crippen MR) is 136 cm³/mol. The molecule has 3 aliphatic heterocycles. The molecule has 2 aromatic rings. The summed E-state index contributed by atoms with van der Waals surface area (Å²) in [6, 6.07) is 5.97. The summed E-state index contributed by atoms with van der Waals surface area (Å²) in [5.41, 5.74) is 1.83. The first-order valence-electron chi connectivity index (χ1n) is 11.0. The number of hydrogen-bond acceptors (Lipinski definition) is 6. The molecule has 3 fully saturated rings. The fraction of sp³-hybridized carbons (Fsp3) is 0.435. The Labute approximate surface area is 210 Å². The molecule has 0 N–H and O–H groups in total. The number of thioether (sulfide) groups is 1. The van der Waals surface area contributed by atoms with Crippen LogP contribution in [0.25, 0.3) is 17.0 Å². The van der Waals surface area contributed by atoms with Crippen LogP contribution in [0.15, 0.2) is 33.8 Å². The van der Waals surface area contributed by atoms with E-state index in [0.29, 0.717) is 42.1 Å². The van der Waals surface area contributed by atoms with Gasteiger partial charge in [0, 0.05) is 46.8 Å². The maximum atomic E-state index is 13.1. The highest BCUT2D eigenvalue weighted by Gasteiger charge is 2.34. The number of rotatable bonds is 5. The number of halogens is 1. The van der Waals surface area contributed by atoms with Gasteiger partial charge in [0.15, 0.2) is 0 Å². The van der Waals surface area contributed by atoms with Crippen molar-refractivity contribution >= 4 is 73.0 Å². The molecular weight excluding hydrogens is 526 g/mol. The lowest BCUT2D eigenvalue weighted by molar-refractivity contribution is -0.135. The van der Waals surface area contributed by atoms with Gasteiger partial charge in [0.2, 0.25) is 5.91 Å². The Balaban J connectivity index is 1.42. The molecule has 1 aromatic heterocycles. The smallest absolute Gasteiger partial charge is 0.266 e. The van der Waals surface area contributed by atoms with Crippen LogP contribution in [0.2, 0.25) is 0 Å². The molecule has 1 aromatic carbocycles. The maximum Gasteiger partial charge on any atom is 0.266 e. The van der Waals surface area contributed by atoms with Gasteiger partial charge in [0.05, 0.1) is 30.8 Å². The zero-order valence-corrected chi connectivity index (χ0v) is 21.2. The number of ether oxygens (including phenoxy) is 2. The fourth-order valence-electron chi connectivity index (χ4n) is 4.39. The Morgan fingerprint density at radius 2 is 2.09 bits per heavy atom. The van der Waals surface area contributed by atoms with E-state index < -0.39 is 0 Å². The highest BCUT2D eigenvalue weighted by Crippen LogP contribution is 2.35. The van der Waals surface area contributed by atoms with Crippen LogP contribution in [0.4, 0.5) is 0 Å². The van der Waals surface area contributed by atoms with Crippen LogP contribution in [0.5, 0.6) is 0 Å². The molecule has 0 saturated carbocycles. The Morgan fingerprint density at radius 3 is 2.85 bits per heavy atom. The molecule has 3 saturated heterocycles. The van der Waals surface area contributed by atoms with Gasteiger partial charge in [-0.1, -0.05) is 39.9 Å². The average molecular weight is 551 g/mol. The Morgan fingerprint density at radius 1 is 1.27 bits per heavy atom. The Kier molecular flexibility index (Phi) is 6.89. The summed E-state index contributed by atoms with van der Waals surface area (Å²) < 4.78 is 14.5. The van der Waals surface area contributed by atoms with Gasteiger partial charge in [0.1, 0.15) is 10.9 Å². The molecule has 0 aliphatic carbocycles. The number of nitrogens with zero attached hydrogens (tertiary/aromatic N) is 3. The SMILES string of the molecule is O=C(Cn1cc(/C=C2\SC(=S)N(C[C@@H]3CCCO3)C2=O)c2cc(Br)ccc21)N1CCOCC1. The number of thiocarbonyl (C=S) groups is 1. The predicted octanol–water partition coefficient (Wildman–Crippen LogP) is 3.64. The van der Waals surface area contributed by atoms with E-state index >= 15 is 0 Å². The van der Waals surface area contributed by atoms with Crippen molar-refractivity contribution in [1.82, 2.24) is 14.4 Å². The first-order chi connectivity index (χ1) is 16.0. The van der Waals surface area contributed by atoms with Crippen molar-refractivity contribution < 1.29 is 19.1 Å². The van der Waals surface area contributed by atoms with Crippen molar-refractivity contribution in [2.75, 3.05) is 39.5 Å². The van der Waals surface area contributed by atoms with Crippen LogP contribution in [0, 0.1) is 0 Å². The van der Waals surface area contributed by atoms with Crippen LogP contribution in [-0.4, -0.2) is 76.1 Å². The molecule has 0 unspecified atom stereocenters. The number of amides is 2. The number of carbonyl (C=O) groups is 2. The summed E-state index contributed by atoms with van der Waals surface area (Å²) in [4.78, 5) is 30.1. The molecule has 7 nitrogen and oxygen atoms in total. The summed E-state index contributed by atoms with van der Waals surface area (Å²) in [7, 11) is 0. The average Bonchev–Trinajstić information content (AvgIpc) is 3.51. The minimum absolute atomic E-state index is 0.0518. The van der Waals surface area contributed by atoms with Crippen molar-refractivity contribution in [2.45, 2.75) is 25.5 Å². The summed E-state index contributed by atoms with van der Waals surface area (Å²) in [5.74, 6) is -0.0200. The molecule has 1 atom stereocenters.